The van der Waals surface area contributed by atoms with Crippen LogP contribution in [0.3, 0.4) is 0 Å². The summed E-state index contributed by atoms with van der Waals surface area (Å²) >= 11 is 0.516. The summed E-state index contributed by atoms with van der Waals surface area (Å²) in [6.07, 6.45) is 28.8. The van der Waals surface area contributed by atoms with Crippen LogP contribution in [0.2, 0.25) is 0 Å². The molecule has 0 amide bonds. The molecule has 0 aliphatic heterocycles. The van der Waals surface area contributed by atoms with Gasteiger partial charge in [-0.25, -0.2) is 0 Å². The number of alkyl halides is 4. The minimum atomic E-state index is -2.72. The first-order valence-electron chi connectivity index (χ1n) is 13.7. The molecule has 0 heterocycles. The van der Waals surface area contributed by atoms with Gasteiger partial charge in [0.2, 0.25) is 0 Å². The van der Waals surface area contributed by atoms with Gasteiger partial charge in [-0.1, -0.05) is 125 Å². The van der Waals surface area contributed by atoms with E-state index in [1.54, 1.807) is 12.2 Å². The molecule has 0 aromatic heterocycles. The molecule has 2 fully saturated rings. The molecule has 2 saturated carbocycles. The molecule has 0 aromatic rings. The molecule has 0 spiro atoms. The lowest BCUT2D eigenvalue weighted by molar-refractivity contribution is 0.0871. The van der Waals surface area contributed by atoms with Crippen molar-refractivity contribution in [1.29, 1.82) is 0 Å². The Bertz CT molecular complexity index is 841. The average Bonchev–Trinajstić information content (AvgIpc) is 2.85. The van der Waals surface area contributed by atoms with E-state index in [-0.39, 0.29) is 28.9 Å². The fourth-order valence-electron chi connectivity index (χ4n) is 6.95. The molecule has 4 aliphatic carbocycles. The van der Waals surface area contributed by atoms with Gasteiger partial charge in [0, 0.05) is 5.41 Å². The van der Waals surface area contributed by atoms with E-state index in [9.17, 15) is 17.6 Å². The van der Waals surface area contributed by atoms with E-state index in [1.807, 2.05) is 0 Å². The third-order valence-electron chi connectivity index (χ3n) is 8.95. The molecule has 0 N–H and O–H groups in total. The number of hydrogen-bond acceptors (Lipinski definition) is 2. The number of thioether (sulfide) groups is 2. The van der Waals surface area contributed by atoms with Crippen molar-refractivity contribution < 1.29 is 17.6 Å². The largest absolute Gasteiger partial charge is 0.286 e. The Kier molecular flexibility index (Phi) is 9.63. The normalized spacial score (nSPS) is 34.2. The Morgan fingerprint density at radius 1 is 0.722 bits per heavy atom. The Morgan fingerprint density at radius 3 is 1.61 bits per heavy atom. The predicted molar refractivity (Wildman–Crippen MR) is 147 cm³/mol. The second kappa shape index (κ2) is 12.3. The third kappa shape index (κ3) is 6.57. The molecule has 0 unspecified atom stereocenters. The van der Waals surface area contributed by atoms with E-state index in [1.165, 1.54) is 76.4 Å². The fraction of sp³-hybridized carbons (Fsp3) is 0.667. The molecule has 4 aliphatic rings. The van der Waals surface area contributed by atoms with E-state index >= 15 is 0 Å². The van der Waals surface area contributed by atoms with Gasteiger partial charge in [-0.3, -0.25) is 0 Å². The minimum absolute atomic E-state index is 0.0876. The summed E-state index contributed by atoms with van der Waals surface area (Å²) in [5.41, 5.74) is 2.00. The van der Waals surface area contributed by atoms with E-state index in [0.29, 0.717) is 11.8 Å². The Hall–Kier alpha value is -0.880. The molecule has 0 nitrogen and oxygen atoms in total. The quantitative estimate of drug-likeness (QED) is 0.222. The second-order valence-electron chi connectivity index (χ2n) is 11.2. The van der Waals surface area contributed by atoms with E-state index < -0.39 is 15.6 Å². The number of halogens is 4. The monoisotopic (exact) mass is 540 g/mol. The maximum absolute atomic E-state index is 13.1. The molecular weight excluding hydrogens is 500 g/mol. The smallest absolute Gasteiger partial charge is 0.198 e. The summed E-state index contributed by atoms with van der Waals surface area (Å²) in [7, 11) is 0. The molecular formula is C30H40F4S2. The molecule has 4 rings (SSSR count). The van der Waals surface area contributed by atoms with Gasteiger partial charge in [-0.15, -0.1) is 0 Å². The molecule has 0 saturated heterocycles. The summed E-state index contributed by atoms with van der Waals surface area (Å²) in [6.45, 7) is 4.66. The van der Waals surface area contributed by atoms with Crippen molar-refractivity contribution in [3.63, 3.8) is 0 Å². The third-order valence-corrected chi connectivity index (χ3v) is 11.2. The van der Waals surface area contributed by atoms with Gasteiger partial charge in [0.05, 0.1) is 0 Å². The minimum Gasteiger partial charge on any atom is -0.198 e. The first-order chi connectivity index (χ1) is 17.2. The van der Waals surface area contributed by atoms with Crippen LogP contribution in [0.4, 0.5) is 17.6 Å². The molecule has 200 valence electrons. The summed E-state index contributed by atoms with van der Waals surface area (Å²) in [6, 6.07) is 0. The highest BCUT2D eigenvalue weighted by Crippen LogP contribution is 2.54. The van der Waals surface area contributed by atoms with Gasteiger partial charge in [0.25, 0.3) is 11.5 Å². The van der Waals surface area contributed by atoms with E-state index in [2.05, 4.69) is 38.2 Å². The maximum atomic E-state index is 13.1. The topological polar surface area (TPSA) is 0 Å². The highest BCUT2D eigenvalue weighted by atomic mass is 32.2. The number of rotatable bonds is 8. The molecule has 0 bridgehead atoms. The number of allylic oxidation sites excluding steroid dienone is 8. The van der Waals surface area contributed by atoms with Gasteiger partial charge in [-0.05, 0) is 60.5 Å². The first-order valence-corrected chi connectivity index (χ1v) is 15.4. The van der Waals surface area contributed by atoms with Gasteiger partial charge in [-0.2, -0.15) is 17.6 Å². The SMILES string of the molecule is CCC[C@H]1CC[C@H](C2([C@H]3CC[C@H](C)CC3)C=CC(=C3C=CC(SC(F)F)(SC(F)F)C=C3)C=C2)CC1. The lowest BCUT2D eigenvalue weighted by Gasteiger charge is -2.48. The fourth-order valence-corrected chi connectivity index (χ4v) is 8.75. The highest BCUT2D eigenvalue weighted by Gasteiger charge is 2.44. The zero-order chi connectivity index (χ0) is 25.8. The molecule has 36 heavy (non-hydrogen) atoms. The van der Waals surface area contributed by atoms with Crippen LogP contribution in [0, 0.1) is 29.1 Å². The van der Waals surface area contributed by atoms with E-state index in [4.69, 9.17) is 0 Å². The highest BCUT2D eigenvalue weighted by molar-refractivity contribution is 8.19. The van der Waals surface area contributed by atoms with Crippen molar-refractivity contribution in [3.05, 3.63) is 59.8 Å². The molecule has 0 radical (unpaired) electrons. The molecule has 0 atom stereocenters. The number of hydrogen-bond donors (Lipinski definition) is 0. The van der Waals surface area contributed by atoms with Crippen LogP contribution < -0.4 is 0 Å². The van der Waals surface area contributed by atoms with Crippen molar-refractivity contribution in [2.75, 3.05) is 0 Å². The zero-order valence-electron chi connectivity index (χ0n) is 21.5. The van der Waals surface area contributed by atoms with E-state index in [0.717, 1.165) is 23.0 Å². The zero-order valence-corrected chi connectivity index (χ0v) is 23.1. The Balaban J connectivity index is 1.56. The van der Waals surface area contributed by atoms with Crippen LogP contribution in [0.5, 0.6) is 0 Å². The lowest BCUT2D eigenvalue weighted by atomic mass is 9.56. The van der Waals surface area contributed by atoms with Crippen molar-refractivity contribution in [3.8, 4) is 0 Å². The van der Waals surface area contributed by atoms with Gasteiger partial charge < -0.3 is 0 Å². The van der Waals surface area contributed by atoms with Gasteiger partial charge in [0.15, 0.2) is 0 Å². The summed E-state index contributed by atoms with van der Waals surface area (Å²) < 4.78 is 51.0. The summed E-state index contributed by atoms with van der Waals surface area (Å²) in [5.74, 6) is -2.43. The molecule has 6 heteroatoms. The standard InChI is InChI=1S/C30H40F4S2/c1-3-4-22-7-11-26(12-8-22)29(25-9-5-21(2)6-10-25)17-13-23(14-18-29)24-15-19-30(20-16-24,35-27(31)32)36-28(33)34/h13-22,25-28H,3-12H2,1-2H3/t21-,22-,25-,26-. The summed E-state index contributed by atoms with van der Waals surface area (Å²) in [4.78, 5) is 0. The van der Waals surface area contributed by atoms with Crippen LogP contribution in [0.1, 0.15) is 78.1 Å². The first kappa shape index (κ1) is 28.1. The van der Waals surface area contributed by atoms with Crippen molar-refractivity contribution in [1.82, 2.24) is 0 Å². The van der Waals surface area contributed by atoms with Crippen LogP contribution >= 0.6 is 23.5 Å². The Morgan fingerprint density at radius 2 is 1.17 bits per heavy atom. The maximum Gasteiger partial charge on any atom is 0.286 e. The van der Waals surface area contributed by atoms with Crippen molar-refractivity contribution in [2.45, 2.75) is 93.6 Å². The van der Waals surface area contributed by atoms with Crippen LogP contribution in [-0.4, -0.2) is 15.6 Å². The van der Waals surface area contributed by atoms with Crippen LogP contribution in [-0.2, 0) is 0 Å². The average molecular weight is 541 g/mol. The Labute approximate surface area is 223 Å². The van der Waals surface area contributed by atoms with Crippen molar-refractivity contribution in [2.24, 2.45) is 29.1 Å². The van der Waals surface area contributed by atoms with Crippen LogP contribution in [0.15, 0.2) is 59.8 Å². The predicted octanol–water partition coefficient (Wildman–Crippen LogP) is 10.6. The van der Waals surface area contributed by atoms with Gasteiger partial charge in [0.1, 0.15) is 4.08 Å². The van der Waals surface area contributed by atoms with Crippen LogP contribution in [0.25, 0.3) is 0 Å². The second-order valence-corrected chi connectivity index (χ2v) is 14.0. The van der Waals surface area contributed by atoms with Crippen molar-refractivity contribution >= 4 is 23.5 Å². The van der Waals surface area contributed by atoms with Gasteiger partial charge >= 0.3 is 0 Å². The lowest BCUT2D eigenvalue weighted by Crippen LogP contribution is -2.39. The molecule has 0 aromatic carbocycles. The summed E-state index contributed by atoms with van der Waals surface area (Å²) in [5, 5.41) is 0.